The molecule has 0 aromatic rings. The quantitative estimate of drug-likeness (QED) is 0.258. The molecule has 0 aromatic carbocycles. The van der Waals surface area contributed by atoms with Crippen molar-refractivity contribution in [1.82, 2.24) is 10.6 Å². The van der Waals surface area contributed by atoms with Gasteiger partial charge in [-0.3, -0.25) is 4.99 Å². The van der Waals surface area contributed by atoms with Gasteiger partial charge in [-0.25, -0.2) is 0 Å². The van der Waals surface area contributed by atoms with Crippen LogP contribution in [0.5, 0.6) is 0 Å². The monoisotopic (exact) mass is 243 g/mol. The van der Waals surface area contributed by atoms with Crippen LogP contribution in [0.2, 0.25) is 0 Å². The van der Waals surface area contributed by atoms with Crippen LogP contribution in [0.25, 0.3) is 0 Å². The van der Waals surface area contributed by atoms with Gasteiger partial charge in [0.05, 0.1) is 13.2 Å². The molecule has 0 saturated carbocycles. The second-order valence-corrected chi connectivity index (χ2v) is 3.48. The van der Waals surface area contributed by atoms with Gasteiger partial charge in [-0.2, -0.15) is 0 Å². The van der Waals surface area contributed by atoms with Crippen LogP contribution >= 0.6 is 0 Å². The van der Waals surface area contributed by atoms with E-state index in [0.29, 0.717) is 13.2 Å². The Morgan fingerprint density at radius 1 is 1.24 bits per heavy atom. The maximum atomic E-state index is 5.36. The minimum Gasteiger partial charge on any atom is -0.382 e. The number of hydrogen-bond donors (Lipinski definition) is 2. The third kappa shape index (κ3) is 11.2. The molecule has 0 aliphatic carbocycles. The van der Waals surface area contributed by atoms with E-state index in [9.17, 15) is 0 Å². The van der Waals surface area contributed by atoms with E-state index in [4.69, 9.17) is 9.47 Å². The Morgan fingerprint density at radius 2 is 2.06 bits per heavy atom. The van der Waals surface area contributed by atoms with Crippen molar-refractivity contribution in [1.29, 1.82) is 0 Å². The maximum Gasteiger partial charge on any atom is 0.191 e. The summed E-state index contributed by atoms with van der Waals surface area (Å²) in [6.45, 7) is 7.37. The van der Waals surface area contributed by atoms with Crippen LogP contribution in [-0.4, -0.2) is 53.0 Å². The van der Waals surface area contributed by atoms with Crippen molar-refractivity contribution in [3.63, 3.8) is 0 Å². The summed E-state index contributed by atoms with van der Waals surface area (Å²) in [5.74, 6) is 0.810. The predicted molar refractivity (Wildman–Crippen MR) is 71.5 cm³/mol. The fourth-order valence-electron chi connectivity index (χ4n) is 1.17. The standard InChI is InChI=1S/C12H25N3O2/c1-4-7-14-12(13-2)15-8-5-6-9-17-11-10-16-3/h4H,1,5-11H2,2-3H3,(H2,13,14,15). The normalized spacial score (nSPS) is 11.3. The number of nitrogens with one attached hydrogen (secondary N) is 2. The number of methoxy groups -OCH3 is 1. The average molecular weight is 243 g/mol. The van der Waals surface area contributed by atoms with Gasteiger partial charge >= 0.3 is 0 Å². The molecule has 0 heterocycles. The van der Waals surface area contributed by atoms with Crippen LogP contribution in [0.3, 0.4) is 0 Å². The first-order chi connectivity index (χ1) is 8.35. The number of unbranched alkanes of at least 4 members (excludes halogenated alkanes) is 1. The van der Waals surface area contributed by atoms with Gasteiger partial charge in [-0.1, -0.05) is 6.08 Å². The molecule has 0 bridgehead atoms. The summed E-state index contributed by atoms with van der Waals surface area (Å²) in [6, 6.07) is 0. The predicted octanol–water partition coefficient (Wildman–Crippen LogP) is 0.781. The van der Waals surface area contributed by atoms with E-state index in [1.54, 1.807) is 20.2 Å². The number of nitrogens with zero attached hydrogens (tertiary/aromatic N) is 1. The minimum absolute atomic E-state index is 0.663. The van der Waals surface area contributed by atoms with Crippen LogP contribution in [0.1, 0.15) is 12.8 Å². The van der Waals surface area contributed by atoms with Crippen molar-refractivity contribution < 1.29 is 9.47 Å². The first-order valence-electron chi connectivity index (χ1n) is 5.97. The van der Waals surface area contributed by atoms with Gasteiger partial charge < -0.3 is 20.1 Å². The van der Waals surface area contributed by atoms with Gasteiger partial charge in [0.1, 0.15) is 0 Å². The van der Waals surface area contributed by atoms with E-state index in [1.165, 1.54) is 0 Å². The van der Waals surface area contributed by atoms with Crippen LogP contribution in [0, 0.1) is 0 Å². The molecule has 0 amide bonds. The molecule has 100 valence electrons. The first-order valence-corrected chi connectivity index (χ1v) is 5.97. The molecule has 0 aliphatic rings. The molecule has 0 rings (SSSR count). The van der Waals surface area contributed by atoms with E-state index >= 15 is 0 Å². The molecule has 0 spiro atoms. The topological polar surface area (TPSA) is 54.9 Å². The van der Waals surface area contributed by atoms with Gasteiger partial charge in [-0.05, 0) is 12.8 Å². The Bertz CT molecular complexity index is 208. The molecule has 0 saturated heterocycles. The molecule has 0 radical (unpaired) electrons. The van der Waals surface area contributed by atoms with Crippen molar-refractivity contribution in [2.45, 2.75) is 12.8 Å². The van der Waals surface area contributed by atoms with Gasteiger partial charge in [-0.15, -0.1) is 6.58 Å². The highest BCUT2D eigenvalue weighted by molar-refractivity contribution is 5.79. The maximum absolute atomic E-state index is 5.36. The molecule has 5 nitrogen and oxygen atoms in total. The van der Waals surface area contributed by atoms with E-state index in [0.717, 1.165) is 38.5 Å². The van der Waals surface area contributed by atoms with Gasteiger partial charge in [0, 0.05) is 33.9 Å². The Morgan fingerprint density at radius 3 is 2.71 bits per heavy atom. The SMILES string of the molecule is C=CCNC(=NC)NCCCCOCCOC. The highest BCUT2D eigenvalue weighted by Crippen LogP contribution is 1.88. The van der Waals surface area contributed by atoms with E-state index in [-0.39, 0.29) is 0 Å². The fourth-order valence-corrected chi connectivity index (χ4v) is 1.17. The zero-order chi connectivity index (χ0) is 12.8. The molecular formula is C12H25N3O2. The molecule has 0 fully saturated rings. The summed E-state index contributed by atoms with van der Waals surface area (Å²) in [4.78, 5) is 4.08. The van der Waals surface area contributed by atoms with Crippen molar-refractivity contribution >= 4 is 5.96 Å². The van der Waals surface area contributed by atoms with E-state index < -0.39 is 0 Å². The summed E-state index contributed by atoms with van der Waals surface area (Å²) < 4.78 is 10.2. The smallest absolute Gasteiger partial charge is 0.191 e. The van der Waals surface area contributed by atoms with Gasteiger partial charge in [0.25, 0.3) is 0 Å². The number of guanidine groups is 1. The largest absolute Gasteiger partial charge is 0.382 e. The van der Waals surface area contributed by atoms with Crippen LogP contribution in [0.4, 0.5) is 0 Å². The lowest BCUT2D eigenvalue weighted by Gasteiger charge is -2.10. The third-order valence-electron chi connectivity index (χ3n) is 2.08. The van der Waals surface area contributed by atoms with E-state index in [1.807, 2.05) is 0 Å². The van der Waals surface area contributed by atoms with Crippen molar-refractivity contribution in [2.75, 3.05) is 47.1 Å². The lowest BCUT2D eigenvalue weighted by atomic mass is 10.3. The zero-order valence-corrected chi connectivity index (χ0v) is 11.0. The number of rotatable bonds is 10. The van der Waals surface area contributed by atoms with Crippen molar-refractivity contribution in [3.05, 3.63) is 12.7 Å². The number of aliphatic imine (C=N–C) groups is 1. The molecule has 5 heteroatoms. The second-order valence-electron chi connectivity index (χ2n) is 3.48. The third-order valence-corrected chi connectivity index (χ3v) is 2.08. The lowest BCUT2D eigenvalue weighted by molar-refractivity contribution is 0.0689. The molecule has 0 unspecified atom stereocenters. The Balaban J connectivity index is 3.28. The highest BCUT2D eigenvalue weighted by Gasteiger charge is 1.94. The molecule has 17 heavy (non-hydrogen) atoms. The molecular weight excluding hydrogens is 218 g/mol. The minimum atomic E-state index is 0.663. The average Bonchev–Trinajstić information content (AvgIpc) is 2.36. The van der Waals surface area contributed by atoms with Crippen molar-refractivity contribution in [2.24, 2.45) is 4.99 Å². The summed E-state index contributed by atoms with van der Waals surface area (Å²) in [5.41, 5.74) is 0. The summed E-state index contributed by atoms with van der Waals surface area (Å²) in [6.07, 6.45) is 3.90. The second kappa shape index (κ2) is 13.0. The van der Waals surface area contributed by atoms with Gasteiger partial charge in [0.2, 0.25) is 0 Å². The molecule has 0 aliphatic heterocycles. The van der Waals surface area contributed by atoms with Crippen LogP contribution in [-0.2, 0) is 9.47 Å². The number of ether oxygens (including phenoxy) is 2. The zero-order valence-electron chi connectivity index (χ0n) is 11.0. The van der Waals surface area contributed by atoms with E-state index in [2.05, 4.69) is 22.2 Å². The Kier molecular flexibility index (Phi) is 12.2. The van der Waals surface area contributed by atoms with Crippen molar-refractivity contribution in [3.8, 4) is 0 Å². The summed E-state index contributed by atoms with van der Waals surface area (Å²) in [5, 5.41) is 6.33. The summed E-state index contributed by atoms with van der Waals surface area (Å²) >= 11 is 0. The lowest BCUT2D eigenvalue weighted by Crippen LogP contribution is -2.37. The molecule has 0 aromatic heterocycles. The molecule has 2 N–H and O–H groups in total. The molecule has 0 atom stereocenters. The first kappa shape index (κ1) is 15.9. The van der Waals surface area contributed by atoms with Crippen LogP contribution < -0.4 is 10.6 Å². The Hall–Kier alpha value is -1.07. The highest BCUT2D eigenvalue weighted by atomic mass is 16.5. The Labute approximate surface area is 104 Å². The van der Waals surface area contributed by atoms with Gasteiger partial charge in [0.15, 0.2) is 5.96 Å². The summed E-state index contributed by atoms with van der Waals surface area (Å²) in [7, 11) is 3.43. The number of hydrogen-bond acceptors (Lipinski definition) is 3. The van der Waals surface area contributed by atoms with Crippen LogP contribution in [0.15, 0.2) is 17.6 Å². The fraction of sp³-hybridized carbons (Fsp3) is 0.750.